The highest BCUT2D eigenvalue weighted by Crippen LogP contribution is 2.20. The number of carbonyl (C=O) groups is 1. The van der Waals surface area contributed by atoms with E-state index in [0.717, 1.165) is 37.4 Å². The number of methoxy groups -OCH3 is 1. The SMILES string of the molecule is COc1ccccc1C=CCNC1CCN(C(=O)C(C)C)CC1C. The van der Waals surface area contributed by atoms with E-state index in [9.17, 15) is 4.79 Å². The molecule has 132 valence electrons. The minimum absolute atomic E-state index is 0.0884. The van der Waals surface area contributed by atoms with E-state index < -0.39 is 0 Å². The van der Waals surface area contributed by atoms with Gasteiger partial charge in [0.25, 0.3) is 0 Å². The van der Waals surface area contributed by atoms with Crippen LogP contribution < -0.4 is 10.1 Å². The largest absolute Gasteiger partial charge is 0.496 e. The number of carbonyl (C=O) groups excluding carboxylic acids is 1. The maximum absolute atomic E-state index is 12.1. The summed E-state index contributed by atoms with van der Waals surface area (Å²) < 4.78 is 5.35. The van der Waals surface area contributed by atoms with Gasteiger partial charge in [0.15, 0.2) is 0 Å². The fraction of sp³-hybridized carbons (Fsp3) is 0.550. The van der Waals surface area contributed by atoms with Gasteiger partial charge in [-0.15, -0.1) is 0 Å². The molecule has 1 aromatic rings. The first-order valence-electron chi connectivity index (χ1n) is 8.84. The average Bonchev–Trinajstić information content (AvgIpc) is 2.59. The molecule has 2 rings (SSSR count). The lowest BCUT2D eigenvalue weighted by Crippen LogP contribution is -2.51. The van der Waals surface area contributed by atoms with Gasteiger partial charge in [0.2, 0.25) is 5.91 Å². The zero-order valence-corrected chi connectivity index (χ0v) is 15.3. The number of ether oxygens (including phenoxy) is 1. The molecule has 0 aliphatic carbocycles. The van der Waals surface area contributed by atoms with Crippen LogP contribution in [-0.4, -0.2) is 43.6 Å². The molecule has 1 aliphatic heterocycles. The minimum Gasteiger partial charge on any atom is -0.496 e. The fourth-order valence-electron chi connectivity index (χ4n) is 3.22. The maximum Gasteiger partial charge on any atom is 0.225 e. The van der Waals surface area contributed by atoms with Gasteiger partial charge in [-0.3, -0.25) is 4.79 Å². The second-order valence-corrected chi connectivity index (χ2v) is 6.86. The first-order chi connectivity index (χ1) is 11.5. The zero-order valence-electron chi connectivity index (χ0n) is 15.3. The van der Waals surface area contributed by atoms with Crippen LogP contribution in [0.25, 0.3) is 6.08 Å². The summed E-state index contributed by atoms with van der Waals surface area (Å²) in [5.41, 5.74) is 1.09. The monoisotopic (exact) mass is 330 g/mol. The second-order valence-electron chi connectivity index (χ2n) is 6.86. The van der Waals surface area contributed by atoms with Crippen molar-refractivity contribution in [1.82, 2.24) is 10.2 Å². The van der Waals surface area contributed by atoms with Crippen molar-refractivity contribution in [3.63, 3.8) is 0 Å². The molecule has 24 heavy (non-hydrogen) atoms. The number of likely N-dealkylation sites (tertiary alicyclic amines) is 1. The highest BCUT2D eigenvalue weighted by atomic mass is 16.5. The van der Waals surface area contributed by atoms with E-state index in [2.05, 4.69) is 24.4 Å². The Morgan fingerprint density at radius 1 is 1.42 bits per heavy atom. The van der Waals surface area contributed by atoms with Crippen molar-refractivity contribution in [2.24, 2.45) is 11.8 Å². The van der Waals surface area contributed by atoms with Crippen LogP contribution in [0.2, 0.25) is 0 Å². The lowest BCUT2D eigenvalue weighted by Gasteiger charge is -2.38. The quantitative estimate of drug-likeness (QED) is 0.871. The Hall–Kier alpha value is -1.81. The van der Waals surface area contributed by atoms with Crippen molar-refractivity contribution in [1.29, 1.82) is 0 Å². The third-order valence-electron chi connectivity index (χ3n) is 4.65. The molecule has 1 heterocycles. The standard InChI is InChI=1S/C20H30N2O2/c1-15(2)20(23)22-13-11-18(16(3)14-22)21-12-7-9-17-8-5-6-10-19(17)24-4/h5-10,15-16,18,21H,11-14H2,1-4H3. The zero-order chi connectivity index (χ0) is 17.5. The Balaban J connectivity index is 1.81. The van der Waals surface area contributed by atoms with Gasteiger partial charge < -0.3 is 15.0 Å². The van der Waals surface area contributed by atoms with E-state index in [1.54, 1.807) is 7.11 Å². The smallest absolute Gasteiger partial charge is 0.225 e. The van der Waals surface area contributed by atoms with Crippen LogP contribution in [0.15, 0.2) is 30.3 Å². The molecule has 4 nitrogen and oxygen atoms in total. The van der Waals surface area contributed by atoms with Gasteiger partial charge >= 0.3 is 0 Å². The van der Waals surface area contributed by atoms with E-state index in [1.165, 1.54) is 0 Å². The third kappa shape index (κ3) is 4.84. The van der Waals surface area contributed by atoms with Crippen molar-refractivity contribution in [2.45, 2.75) is 33.2 Å². The van der Waals surface area contributed by atoms with Gasteiger partial charge in [0, 0.05) is 37.2 Å². The number of benzene rings is 1. The lowest BCUT2D eigenvalue weighted by atomic mass is 9.93. The molecular formula is C20H30N2O2. The molecule has 2 atom stereocenters. The predicted octanol–water partition coefficient (Wildman–Crippen LogP) is 3.19. The summed E-state index contributed by atoms with van der Waals surface area (Å²) in [4.78, 5) is 14.1. The number of piperidine rings is 1. The summed E-state index contributed by atoms with van der Waals surface area (Å²) >= 11 is 0. The van der Waals surface area contributed by atoms with E-state index in [-0.39, 0.29) is 11.8 Å². The van der Waals surface area contributed by atoms with Crippen LogP contribution in [-0.2, 0) is 4.79 Å². The van der Waals surface area contributed by atoms with Crippen molar-refractivity contribution in [3.8, 4) is 5.75 Å². The number of amides is 1. The molecule has 1 aromatic carbocycles. The molecule has 2 unspecified atom stereocenters. The lowest BCUT2D eigenvalue weighted by molar-refractivity contribution is -0.136. The van der Waals surface area contributed by atoms with Crippen molar-refractivity contribution < 1.29 is 9.53 Å². The Morgan fingerprint density at radius 3 is 2.83 bits per heavy atom. The van der Waals surface area contributed by atoms with Crippen LogP contribution in [0.1, 0.15) is 32.8 Å². The van der Waals surface area contributed by atoms with Gasteiger partial charge in [0.1, 0.15) is 5.75 Å². The summed E-state index contributed by atoms with van der Waals surface area (Å²) in [6, 6.07) is 8.47. The van der Waals surface area contributed by atoms with Crippen LogP contribution in [0, 0.1) is 11.8 Å². The molecule has 1 saturated heterocycles. The molecule has 1 aliphatic rings. The van der Waals surface area contributed by atoms with Crippen LogP contribution in [0.5, 0.6) is 5.75 Å². The third-order valence-corrected chi connectivity index (χ3v) is 4.65. The van der Waals surface area contributed by atoms with E-state index >= 15 is 0 Å². The number of nitrogens with one attached hydrogen (secondary N) is 1. The predicted molar refractivity (Wildman–Crippen MR) is 99.0 cm³/mol. The first kappa shape index (κ1) is 18.5. The Kier molecular flexibility index (Phi) is 6.85. The van der Waals surface area contributed by atoms with Gasteiger partial charge in [-0.25, -0.2) is 0 Å². The molecule has 0 aromatic heterocycles. The summed E-state index contributed by atoms with van der Waals surface area (Å²) in [6.07, 6.45) is 5.24. The Bertz CT molecular complexity index is 569. The molecule has 4 heteroatoms. The first-order valence-corrected chi connectivity index (χ1v) is 8.84. The molecule has 1 amide bonds. The van der Waals surface area contributed by atoms with Gasteiger partial charge in [-0.1, -0.05) is 51.1 Å². The Labute approximate surface area is 145 Å². The Morgan fingerprint density at radius 2 is 2.17 bits per heavy atom. The topological polar surface area (TPSA) is 41.6 Å². The summed E-state index contributed by atoms with van der Waals surface area (Å²) in [7, 11) is 1.69. The number of nitrogens with zero attached hydrogens (tertiary/aromatic N) is 1. The van der Waals surface area contributed by atoms with Crippen LogP contribution in [0.3, 0.4) is 0 Å². The minimum atomic E-state index is 0.0884. The molecular weight excluding hydrogens is 300 g/mol. The van der Waals surface area contributed by atoms with Crippen LogP contribution >= 0.6 is 0 Å². The molecule has 1 N–H and O–H groups in total. The van der Waals surface area contributed by atoms with Gasteiger partial charge in [-0.2, -0.15) is 0 Å². The van der Waals surface area contributed by atoms with E-state index in [0.29, 0.717) is 12.0 Å². The average molecular weight is 330 g/mol. The molecule has 0 radical (unpaired) electrons. The van der Waals surface area contributed by atoms with Gasteiger partial charge in [0.05, 0.1) is 7.11 Å². The maximum atomic E-state index is 12.1. The molecule has 0 bridgehead atoms. The van der Waals surface area contributed by atoms with E-state index in [1.807, 2.05) is 43.0 Å². The van der Waals surface area contributed by atoms with Crippen molar-refractivity contribution >= 4 is 12.0 Å². The summed E-state index contributed by atoms with van der Waals surface area (Å²) in [6.45, 7) is 8.70. The second kappa shape index (κ2) is 8.88. The highest BCUT2D eigenvalue weighted by Gasteiger charge is 2.28. The molecule has 1 fully saturated rings. The molecule has 0 spiro atoms. The highest BCUT2D eigenvalue weighted by molar-refractivity contribution is 5.78. The van der Waals surface area contributed by atoms with Gasteiger partial charge in [-0.05, 0) is 18.4 Å². The normalized spacial score (nSPS) is 21.5. The fourth-order valence-corrected chi connectivity index (χ4v) is 3.22. The number of hydrogen-bond acceptors (Lipinski definition) is 3. The van der Waals surface area contributed by atoms with Crippen LogP contribution in [0.4, 0.5) is 0 Å². The number of rotatable bonds is 6. The number of hydrogen-bond donors (Lipinski definition) is 1. The van der Waals surface area contributed by atoms with Crippen molar-refractivity contribution in [2.75, 3.05) is 26.7 Å². The number of para-hydroxylation sites is 1. The van der Waals surface area contributed by atoms with Crippen molar-refractivity contribution in [3.05, 3.63) is 35.9 Å². The summed E-state index contributed by atoms with van der Waals surface area (Å²) in [5, 5.41) is 3.60. The van der Waals surface area contributed by atoms with E-state index in [4.69, 9.17) is 4.74 Å². The summed E-state index contributed by atoms with van der Waals surface area (Å²) in [5.74, 6) is 1.73. The molecule has 0 saturated carbocycles.